The average Bonchev–Trinajstić information content (AvgIpc) is 3.74. The van der Waals surface area contributed by atoms with Gasteiger partial charge in [-0.1, -0.05) is 42.6 Å². The minimum atomic E-state index is -0.639. The first kappa shape index (κ1) is 41.1. The highest BCUT2D eigenvalue weighted by molar-refractivity contribution is 8.00. The number of carbonyl (C=O) groups is 4. The minimum Gasteiger partial charge on any atom is -0.396 e. The van der Waals surface area contributed by atoms with Gasteiger partial charge in [-0.15, -0.1) is 0 Å². The van der Waals surface area contributed by atoms with Crippen molar-refractivity contribution in [3.8, 4) is 11.1 Å². The number of nitrogens with one attached hydrogen (secondary N) is 5. The molecule has 3 fully saturated rings. The van der Waals surface area contributed by atoms with Gasteiger partial charge in [-0.2, -0.15) is 11.8 Å². The number of nitrogens with two attached hydrogens (primary N) is 1. The second-order valence-corrected chi connectivity index (χ2v) is 16.5. The molecule has 0 saturated carbocycles. The van der Waals surface area contributed by atoms with E-state index in [0.29, 0.717) is 36.0 Å². The third-order valence-electron chi connectivity index (χ3n) is 10.8. The molecule has 3 aliphatic rings. The number of benzene rings is 3. The van der Waals surface area contributed by atoms with E-state index in [1.54, 1.807) is 0 Å². The zero-order valence-corrected chi connectivity index (χ0v) is 33.6. The van der Waals surface area contributed by atoms with Gasteiger partial charge >= 0.3 is 6.03 Å². The van der Waals surface area contributed by atoms with Crippen LogP contribution >= 0.6 is 23.4 Å². The van der Waals surface area contributed by atoms with Gasteiger partial charge in [-0.05, 0) is 81.1 Å². The molecule has 0 bridgehead atoms. The quantitative estimate of drug-likeness (QED) is 0.0553. The number of carbonyl (C=O) groups excluding carboxylic acids is 4. The van der Waals surface area contributed by atoms with Crippen LogP contribution in [0.15, 0.2) is 48.5 Å². The number of rotatable bonds is 16. The van der Waals surface area contributed by atoms with Crippen molar-refractivity contribution in [3.63, 3.8) is 0 Å². The molecule has 3 saturated heterocycles. The van der Waals surface area contributed by atoms with Crippen LogP contribution in [0, 0.1) is 12.7 Å². The molecule has 12 nitrogen and oxygen atoms in total. The Morgan fingerprint density at radius 1 is 0.911 bits per heavy atom. The third-order valence-corrected chi connectivity index (χ3v) is 12.8. The van der Waals surface area contributed by atoms with Gasteiger partial charge in [-0.25, -0.2) is 9.18 Å². The van der Waals surface area contributed by atoms with Gasteiger partial charge < -0.3 is 42.1 Å². The number of nitrogen functional groups attached to an aromatic ring is 1. The Labute approximate surface area is 337 Å². The van der Waals surface area contributed by atoms with E-state index in [9.17, 15) is 23.6 Å². The number of piperazine rings is 1. The maximum Gasteiger partial charge on any atom is 0.315 e. The molecule has 3 aromatic rings. The molecule has 300 valence electrons. The van der Waals surface area contributed by atoms with Crippen LogP contribution in [0.5, 0.6) is 0 Å². The average molecular weight is 807 g/mol. The first-order chi connectivity index (χ1) is 27.0. The summed E-state index contributed by atoms with van der Waals surface area (Å²) in [6.07, 6.45) is 6.02. The van der Waals surface area contributed by atoms with E-state index in [1.807, 2.05) is 54.2 Å². The van der Waals surface area contributed by atoms with Gasteiger partial charge in [0.25, 0.3) is 5.91 Å². The minimum absolute atomic E-state index is 0.0173. The Hall–Kier alpha value is -4.53. The molecule has 0 aromatic heterocycles. The van der Waals surface area contributed by atoms with E-state index in [4.69, 9.17) is 17.3 Å². The van der Waals surface area contributed by atoms with Crippen molar-refractivity contribution >= 4 is 69.9 Å². The number of urea groups is 1. The fourth-order valence-electron chi connectivity index (χ4n) is 7.44. The summed E-state index contributed by atoms with van der Waals surface area (Å²) in [6.45, 7) is 5.42. The molecule has 3 atom stereocenters. The smallest absolute Gasteiger partial charge is 0.315 e. The second-order valence-electron chi connectivity index (χ2n) is 14.9. The van der Waals surface area contributed by atoms with Crippen molar-refractivity contribution in [1.29, 1.82) is 0 Å². The maximum absolute atomic E-state index is 14.4. The summed E-state index contributed by atoms with van der Waals surface area (Å²) in [5, 5.41) is 15.4. The number of likely N-dealkylation sites (N-methyl/N-ethyl adjacent to an activating group) is 1. The number of hydrogen-bond acceptors (Lipinski definition) is 8. The lowest BCUT2D eigenvalue weighted by atomic mass is 10.0. The molecule has 3 aliphatic heterocycles. The summed E-state index contributed by atoms with van der Waals surface area (Å²) >= 11 is 8.29. The number of thioether (sulfide) groups is 1. The van der Waals surface area contributed by atoms with Gasteiger partial charge in [-0.3, -0.25) is 14.4 Å². The highest BCUT2D eigenvalue weighted by Crippen LogP contribution is 2.35. The van der Waals surface area contributed by atoms with Crippen molar-refractivity contribution < 1.29 is 23.6 Å². The Morgan fingerprint density at radius 2 is 1.62 bits per heavy atom. The van der Waals surface area contributed by atoms with Gasteiger partial charge in [0, 0.05) is 67.8 Å². The number of fused-ring (bicyclic) bond motifs is 1. The third kappa shape index (κ3) is 10.4. The zero-order valence-electron chi connectivity index (χ0n) is 32.0. The Balaban J connectivity index is 0.943. The van der Waals surface area contributed by atoms with Crippen LogP contribution in [-0.2, 0) is 9.59 Å². The molecular formula is C41H52ClFN8O4S. The standard InChI is InChI=1S/C41H52ClFN8O4S/c1-25-37(42)29(23-30(44)38(25)43)40(54)47-31-22-27(13-16-33(31)51-20-18-50(2)19-21-51)26-11-14-28(15-12-26)46-36(53)10-4-3-7-17-45-35(52)9-6-5-8-34-39-32(24-56-34)48-41(55)49-39/h11-16,22-23,32,34,39H,3-10,17-21,24,44H2,1-2H3,(H,45,52)(H,46,53)(H,47,54)(H2,48,49,55)/t32-,34+,39-/m0/s1. The highest BCUT2D eigenvalue weighted by atomic mass is 35.5. The van der Waals surface area contributed by atoms with Gasteiger partial charge in [0.15, 0.2) is 5.82 Å². The monoisotopic (exact) mass is 806 g/mol. The van der Waals surface area contributed by atoms with E-state index >= 15 is 0 Å². The summed E-state index contributed by atoms with van der Waals surface area (Å²) in [5.74, 6) is -0.196. The normalized spacial score (nSPS) is 19.2. The SMILES string of the molecule is Cc1c(F)c(N)cc(C(=O)Nc2cc(-c3ccc(NC(=O)CCCCCNC(=O)CCCC[C@H]4SC[C@@H]5NC(=O)N[C@@H]54)cc3)ccc2N2CCN(C)CC2)c1Cl. The fraction of sp³-hybridized carbons (Fsp3) is 0.463. The molecule has 3 heterocycles. The van der Waals surface area contributed by atoms with E-state index in [-0.39, 0.29) is 51.8 Å². The van der Waals surface area contributed by atoms with Crippen molar-refractivity contribution in [2.45, 2.75) is 75.6 Å². The van der Waals surface area contributed by atoms with Crippen LogP contribution in [0.3, 0.4) is 0 Å². The highest BCUT2D eigenvalue weighted by Gasteiger charge is 2.42. The van der Waals surface area contributed by atoms with Crippen LogP contribution in [-0.4, -0.2) is 91.5 Å². The lowest BCUT2D eigenvalue weighted by molar-refractivity contribution is -0.121. The van der Waals surface area contributed by atoms with Gasteiger partial charge in [0.1, 0.15) is 0 Å². The van der Waals surface area contributed by atoms with Crippen LogP contribution in [0.4, 0.5) is 31.9 Å². The van der Waals surface area contributed by atoms with E-state index in [1.165, 1.54) is 13.0 Å². The zero-order chi connectivity index (χ0) is 39.8. The molecule has 3 aromatic carbocycles. The van der Waals surface area contributed by atoms with Crippen LogP contribution in [0.25, 0.3) is 11.1 Å². The Bertz CT molecular complexity index is 1910. The predicted molar refractivity (Wildman–Crippen MR) is 224 cm³/mol. The largest absolute Gasteiger partial charge is 0.396 e. The second kappa shape index (κ2) is 19.1. The van der Waals surface area contributed by atoms with E-state index in [0.717, 1.165) is 87.3 Å². The molecule has 0 unspecified atom stereocenters. The summed E-state index contributed by atoms with van der Waals surface area (Å²) < 4.78 is 14.4. The summed E-state index contributed by atoms with van der Waals surface area (Å²) in [7, 11) is 2.08. The lowest BCUT2D eigenvalue weighted by Gasteiger charge is -2.35. The molecule has 5 amide bonds. The number of hydrogen-bond donors (Lipinski definition) is 6. The van der Waals surface area contributed by atoms with Crippen molar-refractivity contribution in [2.75, 3.05) is 66.8 Å². The number of nitrogens with zero attached hydrogens (tertiary/aromatic N) is 2. The van der Waals surface area contributed by atoms with Crippen molar-refractivity contribution in [3.05, 3.63) is 70.5 Å². The topological polar surface area (TPSA) is 161 Å². The molecule has 56 heavy (non-hydrogen) atoms. The van der Waals surface area contributed by atoms with E-state index < -0.39 is 11.7 Å². The summed E-state index contributed by atoms with van der Waals surface area (Å²) in [5.41, 5.74) is 9.82. The number of halogens is 2. The molecule has 7 N–H and O–H groups in total. The summed E-state index contributed by atoms with van der Waals surface area (Å²) in [4.78, 5) is 54.5. The Morgan fingerprint density at radius 3 is 2.39 bits per heavy atom. The molecular weight excluding hydrogens is 755 g/mol. The first-order valence-corrected chi connectivity index (χ1v) is 20.9. The lowest BCUT2D eigenvalue weighted by Crippen LogP contribution is -2.44. The summed E-state index contributed by atoms with van der Waals surface area (Å²) in [6, 6.07) is 15.1. The van der Waals surface area contributed by atoms with Crippen molar-refractivity contribution in [1.82, 2.24) is 20.9 Å². The Kier molecular flexibility index (Phi) is 14.0. The van der Waals surface area contributed by atoms with E-state index in [2.05, 4.69) is 43.4 Å². The fourth-order valence-corrected chi connectivity index (χ4v) is 9.20. The number of anilines is 4. The predicted octanol–water partition coefficient (Wildman–Crippen LogP) is 6.38. The van der Waals surface area contributed by atoms with Crippen LogP contribution in [0.2, 0.25) is 5.02 Å². The first-order valence-electron chi connectivity index (χ1n) is 19.5. The number of unbranched alkanes of at least 4 members (excludes halogenated alkanes) is 3. The number of amides is 5. The molecule has 15 heteroatoms. The van der Waals surface area contributed by atoms with Gasteiger partial charge in [0.05, 0.1) is 39.7 Å². The van der Waals surface area contributed by atoms with Crippen LogP contribution < -0.4 is 37.2 Å². The van der Waals surface area contributed by atoms with Gasteiger partial charge in [0.2, 0.25) is 11.8 Å². The molecule has 0 radical (unpaired) electrons. The molecule has 0 aliphatic carbocycles. The molecule has 6 rings (SSSR count). The van der Waals surface area contributed by atoms with Crippen molar-refractivity contribution in [2.24, 2.45) is 0 Å². The molecule has 0 spiro atoms. The maximum atomic E-state index is 14.4. The van der Waals surface area contributed by atoms with Crippen LogP contribution in [0.1, 0.15) is 67.3 Å².